The summed E-state index contributed by atoms with van der Waals surface area (Å²) in [5.74, 6) is 1.87. The Morgan fingerprint density at radius 1 is 0.871 bits per heavy atom. The van der Waals surface area contributed by atoms with Gasteiger partial charge in [0, 0.05) is 43.0 Å². The minimum Gasteiger partial charge on any atom is -0.496 e. The predicted molar refractivity (Wildman–Crippen MR) is 131 cm³/mol. The van der Waals surface area contributed by atoms with Crippen LogP contribution >= 0.6 is 11.9 Å². The first-order valence-corrected chi connectivity index (χ1v) is 11.6. The molecule has 0 aliphatic carbocycles. The monoisotopic (exact) mass is 437 g/mol. The molecule has 0 amide bonds. The van der Waals surface area contributed by atoms with E-state index in [1.165, 1.54) is 26.9 Å². The number of piperazine rings is 1. The largest absolute Gasteiger partial charge is 0.496 e. The molecule has 3 aromatic carbocycles. The van der Waals surface area contributed by atoms with Crippen LogP contribution in [0, 0.1) is 0 Å². The molecule has 6 heteroatoms. The van der Waals surface area contributed by atoms with Gasteiger partial charge in [-0.05, 0) is 60.6 Å². The third-order valence-electron chi connectivity index (χ3n) is 5.87. The van der Waals surface area contributed by atoms with Crippen LogP contribution in [0.25, 0.3) is 10.8 Å². The molecule has 0 atom stereocenters. The molecule has 1 fully saturated rings. The summed E-state index contributed by atoms with van der Waals surface area (Å²) in [5.41, 5.74) is 2.51. The van der Waals surface area contributed by atoms with E-state index in [-0.39, 0.29) is 0 Å². The number of nitrogens with zero attached hydrogens (tertiary/aromatic N) is 2. The van der Waals surface area contributed by atoms with E-state index in [4.69, 9.17) is 9.47 Å². The fraction of sp³-hybridized carbons (Fsp3) is 0.360. The molecule has 5 nitrogen and oxygen atoms in total. The Hall–Kier alpha value is -2.41. The number of benzene rings is 3. The van der Waals surface area contributed by atoms with Crippen LogP contribution in [-0.4, -0.2) is 58.9 Å². The molecule has 1 N–H and O–H groups in total. The van der Waals surface area contributed by atoms with Gasteiger partial charge >= 0.3 is 0 Å². The van der Waals surface area contributed by atoms with E-state index in [0.717, 1.165) is 50.6 Å². The summed E-state index contributed by atoms with van der Waals surface area (Å²) in [4.78, 5) is 5.99. The zero-order chi connectivity index (χ0) is 21.6. The summed E-state index contributed by atoms with van der Waals surface area (Å²) in [7, 11) is 5.65. The molecule has 0 unspecified atom stereocenters. The molecule has 31 heavy (non-hydrogen) atoms. The van der Waals surface area contributed by atoms with Crippen molar-refractivity contribution in [3.63, 3.8) is 0 Å². The maximum absolute atomic E-state index is 5.63. The van der Waals surface area contributed by atoms with E-state index >= 15 is 0 Å². The molecule has 0 radical (unpaired) electrons. The van der Waals surface area contributed by atoms with Crippen molar-refractivity contribution in [3.05, 3.63) is 60.2 Å². The van der Waals surface area contributed by atoms with Crippen molar-refractivity contribution in [3.8, 4) is 11.5 Å². The van der Waals surface area contributed by atoms with Gasteiger partial charge in [-0.3, -0.25) is 4.72 Å². The maximum Gasteiger partial charge on any atom is 0.142 e. The molecule has 164 valence electrons. The van der Waals surface area contributed by atoms with E-state index in [9.17, 15) is 0 Å². The van der Waals surface area contributed by atoms with Gasteiger partial charge in [0.25, 0.3) is 0 Å². The van der Waals surface area contributed by atoms with E-state index in [1.807, 2.05) is 0 Å². The lowest BCUT2D eigenvalue weighted by atomic mass is 10.0. The summed E-state index contributed by atoms with van der Waals surface area (Å²) in [6, 6.07) is 19.1. The SMILES string of the molecule is COc1ccc(SNCCc2ccc(OC)c3ccccc23)cc1N1CCN(C)CC1. The van der Waals surface area contributed by atoms with Crippen molar-refractivity contribution in [2.75, 3.05) is 58.9 Å². The lowest BCUT2D eigenvalue weighted by molar-refractivity contribution is 0.311. The molecule has 1 heterocycles. The summed E-state index contributed by atoms with van der Waals surface area (Å²) in [6.07, 6.45) is 0.957. The van der Waals surface area contributed by atoms with E-state index in [2.05, 4.69) is 76.2 Å². The minimum atomic E-state index is 0.886. The Balaban J connectivity index is 1.39. The highest BCUT2D eigenvalue weighted by molar-refractivity contribution is 7.97. The minimum absolute atomic E-state index is 0.886. The van der Waals surface area contributed by atoms with Gasteiger partial charge in [-0.2, -0.15) is 0 Å². The van der Waals surface area contributed by atoms with Crippen molar-refractivity contribution in [1.29, 1.82) is 0 Å². The lowest BCUT2D eigenvalue weighted by Gasteiger charge is -2.34. The second-order valence-electron chi connectivity index (χ2n) is 7.84. The second-order valence-corrected chi connectivity index (χ2v) is 8.81. The molecular weight excluding hydrogens is 406 g/mol. The Morgan fingerprint density at radius 2 is 1.58 bits per heavy atom. The van der Waals surface area contributed by atoms with E-state index < -0.39 is 0 Å². The molecule has 1 saturated heterocycles. The van der Waals surface area contributed by atoms with Crippen LogP contribution < -0.4 is 19.1 Å². The highest BCUT2D eigenvalue weighted by Crippen LogP contribution is 2.33. The Labute approximate surface area is 189 Å². The molecule has 1 aliphatic heterocycles. The van der Waals surface area contributed by atoms with Crippen LogP contribution in [0.1, 0.15) is 5.56 Å². The van der Waals surface area contributed by atoms with Gasteiger partial charge in [0.1, 0.15) is 11.5 Å². The standard InChI is InChI=1S/C25H31N3O2S/c1-27-14-16-28(17-15-27)23-18-20(9-11-25(23)30-3)31-26-13-12-19-8-10-24(29-2)22-7-5-4-6-21(19)22/h4-11,18,26H,12-17H2,1-3H3. The predicted octanol–water partition coefficient (Wildman–Crippen LogP) is 4.45. The van der Waals surface area contributed by atoms with E-state index in [1.54, 1.807) is 26.2 Å². The van der Waals surface area contributed by atoms with Crippen LogP contribution in [0.2, 0.25) is 0 Å². The first kappa shape index (κ1) is 21.8. The topological polar surface area (TPSA) is 37.0 Å². The summed E-state index contributed by atoms with van der Waals surface area (Å²) in [6.45, 7) is 5.10. The van der Waals surface area contributed by atoms with Gasteiger partial charge in [-0.1, -0.05) is 30.3 Å². The van der Waals surface area contributed by atoms with Crippen LogP contribution in [0.15, 0.2) is 59.5 Å². The molecule has 0 aromatic heterocycles. The number of ether oxygens (including phenoxy) is 2. The second kappa shape index (κ2) is 10.3. The first-order chi connectivity index (χ1) is 15.2. The van der Waals surface area contributed by atoms with Crippen molar-refractivity contribution >= 4 is 28.4 Å². The number of anilines is 1. The fourth-order valence-electron chi connectivity index (χ4n) is 4.08. The molecular formula is C25H31N3O2S. The van der Waals surface area contributed by atoms with Crippen LogP contribution in [-0.2, 0) is 6.42 Å². The summed E-state index contributed by atoms with van der Waals surface area (Å²) >= 11 is 1.68. The molecule has 0 saturated carbocycles. The summed E-state index contributed by atoms with van der Waals surface area (Å²) in [5, 5.41) is 2.43. The van der Waals surface area contributed by atoms with E-state index in [0.29, 0.717) is 0 Å². The Bertz CT molecular complexity index is 1020. The highest BCUT2D eigenvalue weighted by Gasteiger charge is 2.18. The Morgan fingerprint density at radius 3 is 2.32 bits per heavy atom. The average molecular weight is 438 g/mol. The van der Waals surface area contributed by atoms with Gasteiger partial charge < -0.3 is 19.3 Å². The first-order valence-electron chi connectivity index (χ1n) is 10.8. The number of rotatable bonds is 8. The molecule has 1 aliphatic rings. The number of likely N-dealkylation sites (N-methyl/N-ethyl adjacent to an activating group) is 1. The van der Waals surface area contributed by atoms with Crippen LogP contribution in [0.5, 0.6) is 11.5 Å². The Kier molecular flexibility index (Phi) is 7.22. The molecule has 0 bridgehead atoms. The number of hydrogen-bond acceptors (Lipinski definition) is 6. The number of methoxy groups -OCH3 is 2. The normalized spacial score (nSPS) is 14.7. The van der Waals surface area contributed by atoms with Gasteiger partial charge in [0.2, 0.25) is 0 Å². The van der Waals surface area contributed by atoms with Crippen LogP contribution in [0.4, 0.5) is 5.69 Å². The number of hydrogen-bond donors (Lipinski definition) is 1. The molecule has 4 rings (SSSR count). The zero-order valence-corrected chi connectivity index (χ0v) is 19.4. The van der Waals surface area contributed by atoms with Gasteiger partial charge in [-0.15, -0.1) is 0 Å². The quantitative estimate of drug-likeness (QED) is 0.415. The van der Waals surface area contributed by atoms with Crippen molar-refractivity contribution in [2.45, 2.75) is 11.3 Å². The summed E-state index contributed by atoms with van der Waals surface area (Å²) < 4.78 is 14.7. The van der Waals surface area contributed by atoms with Gasteiger partial charge in [0.05, 0.1) is 19.9 Å². The van der Waals surface area contributed by atoms with Crippen molar-refractivity contribution < 1.29 is 9.47 Å². The maximum atomic E-state index is 5.63. The number of nitrogens with one attached hydrogen (secondary N) is 1. The zero-order valence-electron chi connectivity index (χ0n) is 18.6. The molecule has 0 spiro atoms. The van der Waals surface area contributed by atoms with Crippen molar-refractivity contribution in [1.82, 2.24) is 9.62 Å². The average Bonchev–Trinajstić information content (AvgIpc) is 2.82. The smallest absolute Gasteiger partial charge is 0.142 e. The highest BCUT2D eigenvalue weighted by atomic mass is 32.2. The molecule has 3 aromatic rings. The fourth-order valence-corrected chi connectivity index (χ4v) is 4.76. The van der Waals surface area contributed by atoms with Crippen molar-refractivity contribution in [2.24, 2.45) is 0 Å². The third-order valence-corrected chi connectivity index (χ3v) is 6.71. The van der Waals surface area contributed by atoms with Gasteiger partial charge in [-0.25, -0.2) is 0 Å². The third kappa shape index (κ3) is 5.09. The number of fused-ring (bicyclic) bond motifs is 1. The van der Waals surface area contributed by atoms with Gasteiger partial charge in [0.15, 0.2) is 0 Å². The lowest BCUT2D eigenvalue weighted by Crippen LogP contribution is -2.44. The van der Waals surface area contributed by atoms with Crippen LogP contribution in [0.3, 0.4) is 0 Å².